The minimum atomic E-state index is -0.359. The van der Waals surface area contributed by atoms with Crippen molar-refractivity contribution < 1.29 is 19.0 Å². The Morgan fingerprint density at radius 3 is 2.70 bits per heavy atom. The molecule has 2 aromatic carbocycles. The lowest BCUT2D eigenvalue weighted by molar-refractivity contribution is -0.120. The second kappa shape index (κ2) is 8.50. The summed E-state index contributed by atoms with van der Waals surface area (Å²) in [6, 6.07) is 10.6. The van der Waals surface area contributed by atoms with Gasteiger partial charge in [-0.15, -0.1) is 0 Å². The second-order valence-electron chi connectivity index (χ2n) is 6.40. The Hall–Kier alpha value is -2.44. The van der Waals surface area contributed by atoms with Crippen LogP contribution < -0.4 is 19.5 Å². The molecule has 0 radical (unpaired) electrons. The van der Waals surface area contributed by atoms with E-state index in [1.54, 1.807) is 25.3 Å². The van der Waals surface area contributed by atoms with Gasteiger partial charge >= 0.3 is 0 Å². The highest BCUT2D eigenvalue weighted by molar-refractivity contribution is 6.31. The molecule has 1 N–H and O–H groups in total. The Morgan fingerprint density at radius 2 is 1.96 bits per heavy atom. The zero-order chi connectivity index (χ0) is 19.4. The number of hydrogen-bond acceptors (Lipinski definition) is 5. The Balaban J connectivity index is 1.65. The molecule has 1 aliphatic heterocycles. The van der Waals surface area contributed by atoms with E-state index in [1.807, 2.05) is 37.1 Å². The van der Waals surface area contributed by atoms with Gasteiger partial charge in [-0.1, -0.05) is 17.7 Å². The number of fused-ring (bicyclic) bond motifs is 1. The molecule has 0 bridgehead atoms. The Kier molecular flexibility index (Phi) is 6.08. The molecule has 0 saturated carbocycles. The van der Waals surface area contributed by atoms with Crippen molar-refractivity contribution in [3.05, 3.63) is 47.0 Å². The van der Waals surface area contributed by atoms with Crippen LogP contribution >= 0.6 is 11.6 Å². The summed E-state index contributed by atoms with van der Waals surface area (Å²) >= 11 is 6.03. The number of hydrogen-bond donors (Lipinski definition) is 1. The summed E-state index contributed by atoms with van der Waals surface area (Å²) in [6.07, 6.45) is 0. The van der Waals surface area contributed by atoms with E-state index in [4.69, 9.17) is 25.8 Å². The summed E-state index contributed by atoms with van der Waals surface area (Å²) in [4.78, 5) is 14.6. The maximum atomic E-state index is 12.7. The zero-order valence-corrected chi connectivity index (χ0v) is 16.4. The molecule has 7 heteroatoms. The molecule has 1 aliphatic rings. The number of benzene rings is 2. The summed E-state index contributed by atoms with van der Waals surface area (Å²) in [7, 11) is 3.45. The first-order valence-corrected chi connectivity index (χ1v) is 9.09. The summed E-state index contributed by atoms with van der Waals surface area (Å²) in [6.45, 7) is 3.56. The molecule has 1 heterocycles. The van der Waals surface area contributed by atoms with Gasteiger partial charge in [0.2, 0.25) is 5.91 Å². The molecular weight excluding hydrogens is 368 g/mol. The average Bonchev–Trinajstić information content (AvgIpc) is 2.67. The monoisotopic (exact) mass is 390 g/mol. The third-order valence-corrected chi connectivity index (χ3v) is 4.73. The quantitative estimate of drug-likeness (QED) is 0.816. The molecule has 1 atom stereocenters. The molecule has 0 saturated heterocycles. The van der Waals surface area contributed by atoms with E-state index in [0.29, 0.717) is 36.2 Å². The molecule has 2 aromatic rings. The standard InChI is InChI=1S/C20H23ClN2O4/c1-13(20(24)22-16-11-15(21)5-7-17(16)25-3)23(2)12-14-4-6-18-19(10-14)27-9-8-26-18/h4-7,10-11,13H,8-9,12H2,1-3H3,(H,22,24)/t13-/m1/s1. The first-order valence-electron chi connectivity index (χ1n) is 8.71. The van der Waals surface area contributed by atoms with Crippen molar-refractivity contribution in [3.8, 4) is 17.2 Å². The lowest BCUT2D eigenvalue weighted by Crippen LogP contribution is -2.39. The molecule has 0 unspecified atom stereocenters. The van der Waals surface area contributed by atoms with E-state index in [-0.39, 0.29) is 11.9 Å². The number of ether oxygens (including phenoxy) is 3. The van der Waals surface area contributed by atoms with Crippen molar-refractivity contribution in [2.24, 2.45) is 0 Å². The number of carbonyl (C=O) groups excluding carboxylic acids is 1. The van der Waals surface area contributed by atoms with Crippen LogP contribution in [0.25, 0.3) is 0 Å². The number of anilines is 1. The van der Waals surface area contributed by atoms with Gasteiger partial charge < -0.3 is 19.5 Å². The summed E-state index contributed by atoms with van der Waals surface area (Å²) in [5.41, 5.74) is 1.59. The molecule has 6 nitrogen and oxygen atoms in total. The fraction of sp³-hybridized carbons (Fsp3) is 0.350. The van der Waals surface area contributed by atoms with Gasteiger partial charge in [0.1, 0.15) is 19.0 Å². The molecular formula is C20H23ClN2O4. The number of amides is 1. The average molecular weight is 391 g/mol. The minimum absolute atomic E-state index is 0.143. The van der Waals surface area contributed by atoms with Gasteiger partial charge in [0.15, 0.2) is 11.5 Å². The molecule has 0 aliphatic carbocycles. The van der Waals surface area contributed by atoms with Crippen molar-refractivity contribution in [3.63, 3.8) is 0 Å². The Labute approximate surface area is 164 Å². The SMILES string of the molecule is COc1ccc(Cl)cc1NC(=O)[C@@H](C)N(C)Cc1ccc2c(c1)OCCO2. The number of methoxy groups -OCH3 is 1. The van der Waals surface area contributed by atoms with E-state index in [1.165, 1.54) is 0 Å². The largest absolute Gasteiger partial charge is 0.495 e. The van der Waals surface area contributed by atoms with Crippen molar-refractivity contribution in [2.75, 3.05) is 32.7 Å². The molecule has 0 fully saturated rings. The number of nitrogens with zero attached hydrogens (tertiary/aromatic N) is 1. The highest BCUT2D eigenvalue weighted by atomic mass is 35.5. The summed E-state index contributed by atoms with van der Waals surface area (Å²) in [5.74, 6) is 1.92. The maximum Gasteiger partial charge on any atom is 0.241 e. The fourth-order valence-electron chi connectivity index (χ4n) is 2.83. The molecule has 144 valence electrons. The number of rotatable bonds is 6. The van der Waals surface area contributed by atoms with Gasteiger partial charge in [0.25, 0.3) is 0 Å². The van der Waals surface area contributed by atoms with Crippen LogP contribution in [0.1, 0.15) is 12.5 Å². The maximum absolute atomic E-state index is 12.7. The fourth-order valence-corrected chi connectivity index (χ4v) is 3.00. The topological polar surface area (TPSA) is 60.0 Å². The smallest absolute Gasteiger partial charge is 0.241 e. The van der Waals surface area contributed by atoms with Gasteiger partial charge in [-0.2, -0.15) is 0 Å². The predicted octanol–water partition coefficient (Wildman–Crippen LogP) is 3.58. The number of nitrogens with one attached hydrogen (secondary N) is 1. The molecule has 3 rings (SSSR count). The second-order valence-corrected chi connectivity index (χ2v) is 6.84. The highest BCUT2D eigenvalue weighted by Gasteiger charge is 2.20. The van der Waals surface area contributed by atoms with Gasteiger partial charge in [0, 0.05) is 11.6 Å². The first-order chi connectivity index (χ1) is 13.0. The lowest BCUT2D eigenvalue weighted by Gasteiger charge is -2.25. The van der Waals surface area contributed by atoms with E-state index < -0.39 is 0 Å². The van der Waals surface area contributed by atoms with Gasteiger partial charge in [-0.3, -0.25) is 9.69 Å². The van der Waals surface area contributed by atoms with Crippen LogP contribution in [0.3, 0.4) is 0 Å². The predicted molar refractivity (Wildman–Crippen MR) is 105 cm³/mol. The lowest BCUT2D eigenvalue weighted by atomic mass is 10.1. The van der Waals surface area contributed by atoms with Crippen LogP contribution in [0.2, 0.25) is 5.02 Å². The van der Waals surface area contributed by atoms with Crippen LogP contribution in [0.4, 0.5) is 5.69 Å². The van der Waals surface area contributed by atoms with E-state index in [9.17, 15) is 4.79 Å². The van der Waals surface area contributed by atoms with Gasteiger partial charge in [-0.05, 0) is 49.9 Å². The Morgan fingerprint density at radius 1 is 1.22 bits per heavy atom. The van der Waals surface area contributed by atoms with Crippen molar-refractivity contribution >= 4 is 23.2 Å². The molecule has 1 amide bonds. The third-order valence-electron chi connectivity index (χ3n) is 4.50. The number of carbonyl (C=O) groups is 1. The Bertz CT molecular complexity index is 828. The first kappa shape index (κ1) is 19.3. The van der Waals surface area contributed by atoms with Gasteiger partial charge in [0.05, 0.1) is 18.8 Å². The van der Waals surface area contributed by atoms with Crippen molar-refractivity contribution in [1.82, 2.24) is 4.90 Å². The zero-order valence-electron chi connectivity index (χ0n) is 15.6. The number of likely N-dealkylation sites (N-methyl/N-ethyl adjacent to an activating group) is 1. The minimum Gasteiger partial charge on any atom is -0.495 e. The van der Waals surface area contributed by atoms with E-state index in [2.05, 4.69) is 5.32 Å². The van der Waals surface area contributed by atoms with Gasteiger partial charge in [-0.25, -0.2) is 0 Å². The third kappa shape index (κ3) is 4.64. The van der Waals surface area contributed by atoms with Crippen LogP contribution in [-0.4, -0.2) is 44.2 Å². The van der Waals surface area contributed by atoms with Crippen molar-refractivity contribution in [1.29, 1.82) is 0 Å². The molecule has 27 heavy (non-hydrogen) atoms. The highest BCUT2D eigenvalue weighted by Crippen LogP contribution is 2.31. The molecule has 0 spiro atoms. The van der Waals surface area contributed by atoms with Crippen LogP contribution in [0.15, 0.2) is 36.4 Å². The number of halogens is 1. The van der Waals surface area contributed by atoms with Crippen molar-refractivity contribution in [2.45, 2.75) is 19.5 Å². The van der Waals surface area contributed by atoms with Crippen LogP contribution in [0.5, 0.6) is 17.2 Å². The van der Waals surface area contributed by atoms with Crippen LogP contribution in [-0.2, 0) is 11.3 Å². The van der Waals surface area contributed by atoms with Crippen LogP contribution in [0, 0.1) is 0 Å². The normalized spacial score (nSPS) is 14.0. The molecule has 0 aromatic heterocycles. The van der Waals surface area contributed by atoms with E-state index in [0.717, 1.165) is 17.1 Å². The van der Waals surface area contributed by atoms with E-state index >= 15 is 0 Å². The summed E-state index contributed by atoms with van der Waals surface area (Å²) in [5, 5.41) is 3.41. The summed E-state index contributed by atoms with van der Waals surface area (Å²) < 4.78 is 16.4.